The summed E-state index contributed by atoms with van der Waals surface area (Å²) in [5.74, 6) is -0.685. The van der Waals surface area contributed by atoms with Gasteiger partial charge >= 0.3 is 0 Å². The molecule has 3 aromatic carbocycles. The lowest BCUT2D eigenvalue weighted by Gasteiger charge is -2.23. The third-order valence-electron chi connectivity index (χ3n) is 6.76. The molecule has 0 saturated heterocycles. The molecule has 0 spiro atoms. The van der Waals surface area contributed by atoms with E-state index in [4.69, 9.17) is 23.7 Å². The molecule has 0 unspecified atom stereocenters. The van der Waals surface area contributed by atoms with Gasteiger partial charge in [0.1, 0.15) is 36.1 Å². The Balaban J connectivity index is 1.30. The lowest BCUT2D eigenvalue weighted by Crippen LogP contribution is -2.29. The molecule has 5 aromatic rings. The van der Waals surface area contributed by atoms with E-state index in [1.807, 2.05) is 0 Å². The van der Waals surface area contributed by atoms with Crippen LogP contribution in [0.3, 0.4) is 0 Å². The fourth-order valence-electron chi connectivity index (χ4n) is 4.79. The summed E-state index contributed by atoms with van der Waals surface area (Å²) in [6.45, 7) is 2.53. The maximum Gasteiger partial charge on any atom is 0.271 e. The van der Waals surface area contributed by atoms with Crippen LogP contribution in [0.25, 0.3) is 16.6 Å². The Hall–Kier alpha value is -5.65. The Morgan fingerprint density at radius 3 is 2.45 bits per heavy atom. The molecule has 2 aromatic heterocycles. The highest BCUT2D eigenvalue weighted by atomic mass is 19.1. The molecule has 224 valence electrons. The highest BCUT2D eigenvalue weighted by Gasteiger charge is 2.25. The molecule has 1 amide bonds. The number of carbonyl (C=O) groups is 1. The zero-order chi connectivity index (χ0) is 30.8. The van der Waals surface area contributed by atoms with Crippen LogP contribution in [0.15, 0.2) is 77.9 Å². The molecule has 6 rings (SSSR count). The molecule has 0 saturated carbocycles. The van der Waals surface area contributed by atoms with Gasteiger partial charge in [-0.2, -0.15) is 0 Å². The van der Waals surface area contributed by atoms with Gasteiger partial charge in [-0.25, -0.2) is 8.78 Å². The predicted molar refractivity (Wildman–Crippen MR) is 157 cm³/mol. The van der Waals surface area contributed by atoms with Crippen molar-refractivity contribution in [2.75, 3.05) is 32.2 Å². The van der Waals surface area contributed by atoms with E-state index in [9.17, 15) is 14.0 Å². The number of hydrogen-bond acceptors (Lipinski definition) is 8. The second-order valence-corrected chi connectivity index (χ2v) is 9.48. The van der Waals surface area contributed by atoms with Crippen LogP contribution in [0.1, 0.15) is 17.3 Å². The van der Waals surface area contributed by atoms with Gasteiger partial charge in [-0.1, -0.05) is 0 Å². The number of hydrogen-bond donors (Lipinski definition) is 1. The van der Waals surface area contributed by atoms with E-state index in [2.05, 4.69) is 10.3 Å². The zero-order valence-corrected chi connectivity index (χ0v) is 23.6. The summed E-state index contributed by atoms with van der Waals surface area (Å²) in [7, 11) is 1.51. The Labute approximate surface area is 249 Å². The normalized spacial score (nSPS) is 12.1. The second-order valence-electron chi connectivity index (χ2n) is 9.48. The van der Waals surface area contributed by atoms with Crippen molar-refractivity contribution >= 4 is 22.5 Å². The molecular formula is C32H25F2N3O7. The summed E-state index contributed by atoms with van der Waals surface area (Å²) in [5.41, 5.74) is -0.0906. The van der Waals surface area contributed by atoms with Gasteiger partial charge in [0.25, 0.3) is 11.5 Å². The molecule has 0 aliphatic carbocycles. The number of ether oxygens (including phenoxy) is 5. The van der Waals surface area contributed by atoms with Crippen LogP contribution in [0.4, 0.5) is 14.5 Å². The minimum Gasteiger partial charge on any atom is -0.493 e. The van der Waals surface area contributed by atoms with Crippen LogP contribution in [0.5, 0.6) is 34.5 Å². The molecule has 0 fully saturated rings. The van der Waals surface area contributed by atoms with Crippen LogP contribution in [-0.2, 0) is 0 Å². The number of amides is 1. The first kappa shape index (κ1) is 28.5. The SMILES string of the molecule is CCOc1ccn(-c2ccc(F)cc2)c(=O)c1C(=O)Nc1ccc(Oc2ccnc3cc(OC)c4c(c23)OCCO4)c(F)c1. The lowest BCUT2D eigenvalue weighted by atomic mass is 10.1. The van der Waals surface area contributed by atoms with Crippen molar-refractivity contribution in [3.05, 3.63) is 101 Å². The van der Waals surface area contributed by atoms with Gasteiger partial charge in [-0.15, -0.1) is 0 Å². The van der Waals surface area contributed by atoms with Crippen LogP contribution >= 0.6 is 0 Å². The molecule has 10 nitrogen and oxygen atoms in total. The molecule has 44 heavy (non-hydrogen) atoms. The third-order valence-corrected chi connectivity index (χ3v) is 6.76. The van der Waals surface area contributed by atoms with Crippen molar-refractivity contribution in [3.63, 3.8) is 0 Å². The fraction of sp³-hybridized carbons (Fsp3) is 0.156. The van der Waals surface area contributed by atoms with Crippen LogP contribution in [0.2, 0.25) is 0 Å². The van der Waals surface area contributed by atoms with E-state index in [-0.39, 0.29) is 35.1 Å². The maximum atomic E-state index is 15.4. The molecule has 1 aliphatic heterocycles. The van der Waals surface area contributed by atoms with E-state index in [0.717, 1.165) is 6.07 Å². The topological polar surface area (TPSA) is 110 Å². The first-order chi connectivity index (χ1) is 21.4. The van der Waals surface area contributed by atoms with Crippen molar-refractivity contribution < 1.29 is 37.3 Å². The Bertz CT molecular complexity index is 1940. The van der Waals surface area contributed by atoms with Crippen molar-refractivity contribution in [1.82, 2.24) is 9.55 Å². The average molecular weight is 602 g/mol. The number of rotatable bonds is 8. The van der Waals surface area contributed by atoms with Crippen LogP contribution in [0, 0.1) is 11.6 Å². The van der Waals surface area contributed by atoms with Gasteiger partial charge in [0.2, 0.25) is 5.75 Å². The molecule has 1 N–H and O–H groups in total. The van der Waals surface area contributed by atoms with E-state index in [1.165, 1.54) is 66.5 Å². The summed E-state index contributed by atoms with van der Waals surface area (Å²) in [4.78, 5) is 31.1. The largest absolute Gasteiger partial charge is 0.493 e. The second kappa shape index (κ2) is 11.9. The molecule has 3 heterocycles. The zero-order valence-electron chi connectivity index (χ0n) is 23.6. The Morgan fingerprint density at radius 2 is 1.73 bits per heavy atom. The van der Waals surface area contributed by atoms with E-state index < -0.39 is 23.1 Å². The Morgan fingerprint density at radius 1 is 0.955 bits per heavy atom. The minimum absolute atomic E-state index is 0.0458. The molecule has 1 aliphatic rings. The van der Waals surface area contributed by atoms with Gasteiger partial charge < -0.3 is 29.0 Å². The number of halogens is 2. The minimum atomic E-state index is -0.819. The number of benzene rings is 3. The lowest BCUT2D eigenvalue weighted by molar-refractivity contribution is 0.102. The fourth-order valence-corrected chi connectivity index (χ4v) is 4.79. The van der Waals surface area contributed by atoms with Gasteiger partial charge in [-0.3, -0.25) is 19.1 Å². The summed E-state index contributed by atoms with van der Waals surface area (Å²) in [5, 5.41) is 3.03. The molecule has 0 atom stereocenters. The van der Waals surface area contributed by atoms with E-state index in [0.29, 0.717) is 47.1 Å². The quantitative estimate of drug-likeness (QED) is 0.235. The first-order valence-electron chi connectivity index (χ1n) is 13.6. The highest BCUT2D eigenvalue weighted by molar-refractivity contribution is 6.06. The number of nitrogens with zero attached hydrogens (tertiary/aromatic N) is 2. The predicted octanol–water partition coefficient (Wildman–Crippen LogP) is 5.89. The van der Waals surface area contributed by atoms with Crippen molar-refractivity contribution in [2.45, 2.75) is 6.92 Å². The molecule has 0 bridgehead atoms. The number of aromatic nitrogens is 2. The standard InChI is InChI=1S/C32H25F2N3O7/c1-3-41-24-11-13-37(20-7-4-18(33)5-8-20)32(39)28(24)31(38)36-19-6-9-23(21(34)16-19)44-25-10-12-35-22-17-26(40-2)29-30(27(22)25)43-15-14-42-29/h4-13,16-17H,3,14-15H2,1-2H3,(H,36,38). The van der Waals surface area contributed by atoms with E-state index in [1.54, 1.807) is 19.1 Å². The van der Waals surface area contributed by atoms with Gasteiger partial charge in [0.15, 0.2) is 23.1 Å². The summed E-state index contributed by atoms with van der Waals surface area (Å²) >= 11 is 0. The number of anilines is 1. The smallest absolute Gasteiger partial charge is 0.271 e. The first-order valence-corrected chi connectivity index (χ1v) is 13.6. The Kier molecular flexibility index (Phi) is 7.71. The molecule has 0 radical (unpaired) electrons. The van der Waals surface area contributed by atoms with E-state index >= 15 is 4.39 Å². The average Bonchev–Trinajstić information content (AvgIpc) is 3.02. The number of methoxy groups -OCH3 is 1. The maximum absolute atomic E-state index is 15.4. The number of carbonyl (C=O) groups excluding carboxylic acids is 1. The summed E-state index contributed by atoms with van der Waals surface area (Å²) in [6.07, 6.45) is 2.94. The van der Waals surface area contributed by atoms with Gasteiger partial charge in [-0.05, 0) is 55.5 Å². The van der Waals surface area contributed by atoms with Gasteiger partial charge in [0, 0.05) is 35.9 Å². The summed E-state index contributed by atoms with van der Waals surface area (Å²) in [6, 6.07) is 13.8. The summed E-state index contributed by atoms with van der Waals surface area (Å²) < 4.78 is 58.5. The van der Waals surface area contributed by atoms with Crippen LogP contribution in [-0.4, -0.2) is 42.4 Å². The highest BCUT2D eigenvalue weighted by Crippen LogP contribution is 2.48. The molecular weight excluding hydrogens is 576 g/mol. The number of pyridine rings is 2. The van der Waals surface area contributed by atoms with Crippen molar-refractivity contribution in [1.29, 1.82) is 0 Å². The third kappa shape index (κ3) is 5.33. The number of nitrogens with one attached hydrogen (secondary N) is 1. The van der Waals surface area contributed by atoms with Crippen molar-refractivity contribution in [3.8, 4) is 40.2 Å². The molecule has 12 heteroatoms. The monoisotopic (exact) mass is 601 g/mol. The van der Waals surface area contributed by atoms with Crippen molar-refractivity contribution in [2.24, 2.45) is 0 Å². The van der Waals surface area contributed by atoms with Gasteiger partial charge in [0.05, 0.1) is 24.6 Å². The number of fused-ring (bicyclic) bond motifs is 3. The van der Waals surface area contributed by atoms with Crippen LogP contribution < -0.4 is 34.6 Å².